The van der Waals surface area contributed by atoms with Crippen molar-refractivity contribution in [2.75, 3.05) is 23.9 Å². The van der Waals surface area contributed by atoms with Crippen LogP contribution in [0.4, 0.5) is 5.95 Å². The third-order valence-electron chi connectivity index (χ3n) is 2.90. The van der Waals surface area contributed by atoms with E-state index >= 15 is 0 Å². The van der Waals surface area contributed by atoms with Gasteiger partial charge in [-0.05, 0) is 19.3 Å². The van der Waals surface area contributed by atoms with Gasteiger partial charge in [-0.15, -0.1) is 0 Å². The van der Waals surface area contributed by atoms with Crippen molar-refractivity contribution in [1.82, 2.24) is 9.55 Å². The zero-order valence-corrected chi connectivity index (χ0v) is 10.4. The number of nitrogens with zero attached hydrogens (tertiary/aromatic N) is 2. The van der Waals surface area contributed by atoms with Gasteiger partial charge in [0.2, 0.25) is 5.95 Å². The molecule has 2 heterocycles. The third kappa shape index (κ3) is 2.37. The van der Waals surface area contributed by atoms with Crippen molar-refractivity contribution < 1.29 is 8.42 Å². The van der Waals surface area contributed by atoms with Crippen molar-refractivity contribution in [2.24, 2.45) is 5.92 Å². The third-order valence-corrected chi connectivity index (χ3v) is 4.74. The van der Waals surface area contributed by atoms with Gasteiger partial charge in [0, 0.05) is 19.8 Å². The highest BCUT2D eigenvalue weighted by atomic mass is 32.2. The Morgan fingerprint density at radius 2 is 2.38 bits per heavy atom. The molecule has 1 aromatic rings. The Hall–Kier alpha value is -1.04. The van der Waals surface area contributed by atoms with Crippen LogP contribution in [-0.2, 0) is 16.4 Å². The molecule has 1 N–H and O–H groups in total. The van der Waals surface area contributed by atoms with Crippen molar-refractivity contribution in [3.8, 4) is 0 Å². The summed E-state index contributed by atoms with van der Waals surface area (Å²) in [6.45, 7) is 2.67. The van der Waals surface area contributed by atoms with Crippen LogP contribution in [0.15, 0.2) is 6.20 Å². The zero-order chi connectivity index (χ0) is 11.8. The zero-order valence-electron chi connectivity index (χ0n) is 9.60. The number of aromatic nitrogens is 2. The molecule has 16 heavy (non-hydrogen) atoms. The molecule has 1 aliphatic rings. The highest BCUT2D eigenvalue weighted by Crippen LogP contribution is 2.22. The normalized spacial score (nSPS) is 23.5. The first-order chi connectivity index (χ1) is 7.50. The van der Waals surface area contributed by atoms with Crippen LogP contribution < -0.4 is 5.32 Å². The van der Waals surface area contributed by atoms with Gasteiger partial charge in [0.25, 0.3) is 0 Å². The number of nitrogens with one attached hydrogen (secondary N) is 1. The fourth-order valence-corrected chi connectivity index (χ4v) is 4.03. The summed E-state index contributed by atoms with van der Waals surface area (Å²) < 4.78 is 24.7. The van der Waals surface area contributed by atoms with E-state index < -0.39 is 9.84 Å². The van der Waals surface area contributed by atoms with E-state index in [1.54, 1.807) is 0 Å². The monoisotopic (exact) mass is 243 g/mol. The molecule has 0 saturated carbocycles. The minimum Gasteiger partial charge on any atom is -0.359 e. The second-order valence-corrected chi connectivity index (χ2v) is 6.61. The van der Waals surface area contributed by atoms with Gasteiger partial charge in [-0.1, -0.05) is 0 Å². The van der Waals surface area contributed by atoms with Gasteiger partial charge in [0.15, 0.2) is 9.84 Å². The van der Waals surface area contributed by atoms with Gasteiger partial charge >= 0.3 is 0 Å². The number of anilines is 1. The summed E-state index contributed by atoms with van der Waals surface area (Å²) >= 11 is 0. The fraction of sp³-hybridized carbons (Fsp3) is 0.700. The first-order valence-electron chi connectivity index (χ1n) is 5.42. The number of hydrogen-bond acceptors (Lipinski definition) is 4. The van der Waals surface area contributed by atoms with E-state index in [-0.39, 0.29) is 5.92 Å². The predicted octanol–water partition coefficient (Wildman–Crippen LogP) is 0.668. The maximum atomic E-state index is 11.4. The number of imidazole rings is 1. The Morgan fingerprint density at radius 1 is 1.62 bits per heavy atom. The Bertz CT molecular complexity index is 478. The standard InChI is InChI=1S/C10H17N3O2S/c1-8-5-13(10(11-2)12-8)6-9-3-4-16(14,15)7-9/h5,9H,3-4,6-7H2,1-2H3,(H,11,12). The number of sulfone groups is 1. The van der Waals surface area contributed by atoms with Crippen molar-refractivity contribution in [1.29, 1.82) is 0 Å². The minimum atomic E-state index is -2.78. The Labute approximate surface area is 95.8 Å². The first-order valence-corrected chi connectivity index (χ1v) is 7.24. The van der Waals surface area contributed by atoms with Gasteiger partial charge in [0.1, 0.15) is 0 Å². The van der Waals surface area contributed by atoms with E-state index in [2.05, 4.69) is 10.3 Å². The second-order valence-electron chi connectivity index (χ2n) is 4.38. The van der Waals surface area contributed by atoms with Crippen molar-refractivity contribution in [3.05, 3.63) is 11.9 Å². The molecule has 1 aliphatic heterocycles. The molecule has 1 saturated heterocycles. The highest BCUT2D eigenvalue weighted by molar-refractivity contribution is 7.91. The molecule has 1 aromatic heterocycles. The number of hydrogen-bond donors (Lipinski definition) is 1. The molecule has 0 spiro atoms. The number of rotatable bonds is 3. The fourth-order valence-electron chi connectivity index (χ4n) is 2.18. The summed E-state index contributed by atoms with van der Waals surface area (Å²) in [7, 11) is -0.959. The van der Waals surface area contributed by atoms with Gasteiger partial charge < -0.3 is 9.88 Å². The smallest absolute Gasteiger partial charge is 0.202 e. The van der Waals surface area contributed by atoms with Crippen LogP contribution in [0.2, 0.25) is 0 Å². The topological polar surface area (TPSA) is 64.0 Å². The van der Waals surface area contributed by atoms with Crippen molar-refractivity contribution in [3.63, 3.8) is 0 Å². The molecule has 0 aliphatic carbocycles. The molecule has 1 fully saturated rings. The lowest BCUT2D eigenvalue weighted by molar-refractivity contribution is 0.494. The van der Waals surface area contributed by atoms with Crippen molar-refractivity contribution >= 4 is 15.8 Å². The summed E-state index contributed by atoms with van der Waals surface area (Å²) in [5.41, 5.74) is 0.949. The Morgan fingerprint density at radius 3 is 2.94 bits per heavy atom. The second kappa shape index (κ2) is 4.08. The predicted molar refractivity (Wildman–Crippen MR) is 63.3 cm³/mol. The van der Waals surface area contributed by atoms with Crippen molar-refractivity contribution in [2.45, 2.75) is 19.9 Å². The Kier molecular flexibility index (Phi) is 2.92. The largest absolute Gasteiger partial charge is 0.359 e. The van der Waals surface area contributed by atoms with Gasteiger partial charge in [-0.25, -0.2) is 13.4 Å². The maximum Gasteiger partial charge on any atom is 0.202 e. The summed E-state index contributed by atoms with van der Waals surface area (Å²) in [5.74, 6) is 1.68. The lowest BCUT2D eigenvalue weighted by atomic mass is 10.1. The summed E-state index contributed by atoms with van der Waals surface area (Å²) in [4.78, 5) is 4.31. The van der Waals surface area contributed by atoms with Gasteiger partial charge in [0.05, 0.1) is 17.2 Å². The lowest BCUT2D eigenvalue weighted by Crippen LogP contribution is -2.13. The SMILES string of the molecule is CNc1nc(C)cn1CC1CCS(=O)(=O)C1. The van der Waals surface area contributed by atoms with Gasteiger partial charge in [-0.3, -0.25) is 0 Å². The maximum absolute atomic E-state index is 11.4. The molecule has 1 atom stereocenters. The summed E-state index contributed by atoms with van der Waals surface area (Å²) in [5, 5.41) is 3.01. The molecule has 2 rings (SSSR count). The molecule has 5 nitrogen and oxygen atoms in total. The van der Waals surface area contributed by atoms with Gasteiger partial charge in [-0.2, -0.15) is 0 Å². The highest BCUT2D eigenvalue weighted by Gasteiger charge is 2.28. The average Bonchev–Trinajstić information content (AvgIpc) is 2.70. The van der Waals surface area contributed by atoms with E-state index in [0.29, 0.717) is 11.5 Å². The van der Waals surface area contributed by atoms with Crippen LogP contribution in [0.5, 0.6) is 0 Å². The van der Waals surface area contributed by atoms with Crippen LogP contribution in [0.25, 0.3) is 0 Å². The van der Waals surface area contributed by atoms with Crippen LogP contribution in [-0.4, -0.2) is 36.5 Å². The van der Waals surface area contributed by atoms with E-state index in [1.807, 2.05) is 24.7 Å². The van der Waals surface area contributed by atoms with Crippen LogP contribution in [0, 0.1) is 12.8 Å². The number of aryl methyl sites for hydroxylation is 1. The Balaban J connectivity index is 2.10. The molecule has 1 unspecified atom stereocenters. The average molecular weight is 243 g/mol. The molecular weight excluding hydrogens is 226 g/mol. The van der Waals surface area contributed by atoms with Crippen LogP contribution in [0.1, 0.15) is 12.1 Å². The van der Waals surface area contributed by atoms with Crippen LogP contribution >= 0.6 is 0 Å². The molecular formula is C10H17N3O2S. The van der Waals surface area contributed by atoms with E-state index in [0.717, 1.165) is 24.6 Å². The molecule has 0 bridgehead atoms. The lowest BCUT2D eigenvalue weighted by Gasteiger charge is -2.11. The molecule has 0 amide bonds. The van der Waals surface area contributed by atoms with E-state index in [9.17, 15) is 8.42 Å². The molecule has 6 heteroatoms. The summed E-state index contributed by atoms with van der Waals surface area (Å²) in [6, 6.07) is 0. The quantitative estimate of drug-likeness (QED) is 0.847. The molecule has 0 radical (unpaired) electrons. The van der Waals surface area contributed by atoms with E-state index in [4.69, 9.17) is 0 Å². The molecule has 90 valence electrons. The first kappa shape index (κ1) is 11.4. The molecule has 0 aromatic carbocycles. The minimum absolute atomic E-state index is 0.227. The summed E-state index contributed by atoms with van der Waals surface area (Å²) in [6.07, 6.45) is 2.72. The van der Waals surface area contributed by atoms with E-state index in [1.165, 1.54) is 0 Å². The van der Waals surface area contributed by atoms with Crippen LogP contribution in [0.3, 0.4) is 0 Å².